The van der Waals surface area contributed by atoms with Crippen molar-refractivity contribution < 1.29 is 37.1 Å². The molecule has 1 unspecified atom stereocenters. The fraction of sp³-hybridized carbons (Fsp3) is 0.310. The summed E-state index contributed by atoms with van der Waals surface area (Å²) in [5, 5.41) is 23.7. The van der Waals surface area contributed by atoms with Gasteiger partial charge < -0.3 is 26.4 Å². The number of nitrogens with zero attached hydrogens (tertiary/aromatic N) is 1. The van der Waals surface area contributed by atoms with Crippen LogP contribution in [0.5, 0.6) is 0 Å². The smallest absolute Gasteiger partial charge is 0.299 e. The van der Waals surface area contributed by atoms with Gasteiger partial charge in [-0.25, -0.2) is 8.78 Å². The number of hydrogen-bond donors (Lipinski definition) is 5. The quantitative estimate of drug-likeness (QED) is 0.142. The molecule has 5 rings (SSSR count). The molecule has 3 amide bonds. The largest absolute Gasteiger partial charge is 0.394 e. The molecule has 43 heavy (non-hydrogen) atoms. The van der Waals surface area contributed by atoms with Crippen molar-refractivity contribution in [3.63, 3.8) is 0 Å². The highest BCUT2D eigenvalue weighted by atomic mass is 32.1. The van der Waals surface area contributed by atoms with Crippen molar-refractivity contribution in [3.8, 4) is 11.1 Å². The molecule has 2 aliphatic rings. The van der Waals surface area contributed by atoms with Gasteiger partial charge in [0, 0.05) is 38.9 Å². The molecule has 1 aliphatic carbocycles. The Hall–Kier alpha value is -4.30. The van der Waals surface area contributed by atoms with Crippen LogP contribution in [0.3, 0.4) is 0 Å². The molecule has 9 nitrogen and oxygen atoms in total. The third kappa shape index (κ3) is 5.59. The van der Waals surface area contributed by atoms with E-state index in [2.05, 4.69) is 10.6 Å². The number of amides is 3. The second-order valence-electron chi connectivity index (χ2n) is 10.5. The van der Waals surface area contributed by atoms with Gasteiger partial charge in [0.25, 0.3) is 11.8 Å². The number of carbonyl (C=O) groups excluding carboxylic acids is 3. The van der Waals surface area contributed by atoms with E-state index >= 15 is 13.2 Å². The summed E-state index contributed by atoms with van der Waals surface area (Å²) in [6, 6.07) is 8.86. The molecule has 0 saturated carbocycles. The number of aliphatic hydroxyl groups excluding tert-OH is 1. The van der Waals surface area contributed by atoms with E-state index in [0.717, 1.165) is 22.3 Å². The number of likely N-dealkylation sites (tertiary alicyclic amines) is 1. The number of aliphatic hydroxyl groups is 1. The van der Waals surface area contributed by atoms with E-state index in [0.29, 0.717) is 16.0 Å². The molecule has 0 spiro atoms. The van der Waals surface area contributed by atoms with E-state index < -0.39 is 74.2 Å². The SMILES string of the molecule is N=C(N)c1csc(C(CO)NC(=O)[C@@H]2C[C@](F)(CF)CN2C(=O)CNC(=O)c2ccc3c(c2)C(F)(F)c2ccccc2-3)c1. The van der Waals surface area contributed by atoms with Gasteiger partial charge in [-0.2, -0.15) is 8.78 Å². The number of alkyl halides is 4. The Morgan fingerprint density at radius 3 is 2.49 bits per heavy atom. The lowest BCUT2D eigenvalue weighted by atomic mass is 10.0. The van der Waals surface area contributed by atoms with Gasteiger partial charge in [-0.05, 0) is 29.3 Å². The van der Waals surface area contributed by atoms with Crippen molar-refractivity contribution in [1.82, 2.24) is 15.5 Å². The molecular weight excluding hydrogens is 590 g/mol. The number of benzene rings is 2. The Kier molecular flexibility index (Phi) is 8.01. The van der Waals surface area contributed by atoms with Crippen LogP contribution in [0.1, 0.15) is 44.4 Å². The fourth-order valence-corrected chi connectivity index (χ4v) is 6.31. The number of carbonyl (C=O) groups is 3. The van der Waals surface area contributed by atoms with E-state index in [9.17, 15) is 23.9 Å². The van der Waals surface area contributed by atoms with Crippen LogP contribution < -0.4 is 16.4 Å². The van der Waals surface area contributed by atoms with Crippen molar-refractivity contribution in [3.05, 3.63) is 81.0 Å². The van der Waals surface area contributed by atoms with Gasteiger partial charge in [0.1, 0.15) is 18.6 Å². The van der Waals surface area contributed by atoms with Gasteiger partial charge >= 0.3 is 0 Å². The van der Waals surface area contributed by atoms with E-state index in [4.69, 9.17) is 11.1 Å². The number of nitrogens with two attached hydrogens (primary N) is 1. The molecule has 1 saturated heterocycles. The molecule has 2 aromatic carbocycles. The molecule has 1 aliphatic heterocycles. The van der Waals surface area contributed by atoms with Crippen LogP contribution >= 0.6 is 11.3 Å². The minimum atomic E-state index is -3.33. The first kappa shape index (κ1) is 30.2. The van der Waals surface area contributed by atoms with Gasteiger partial charge in [0.2, 0.25) is 11.8 Å². The normalized spacial score (nSPS) is 20.7. The summed E-state index contributed by atoms with van der Waals surface area (Å²) in [7, 11) is 0. The first-order chi connectivity index (χ1) is 20.4. The lowest BCUT2D eigenvalue weighted by molar-refractivity contribution is -0.138. The topological polar surface area (TPSA) is 149 Å². The van der Waals surface area contributed by atoms with Crippen LogP contribution in [0.4, 0.5) is 17.6 Å². The molecule has 1 aromatic heterocycles. The fourth-order valence-electron chi connectivity index (χ4n) is 5.36. The molecule has 1 fully saturated rings. The van der Waals surface area contributed by atoms with Crippen LogP contribution in [0, 0.1) is 5.41 Å². The molecule has 0 bridgehead atoms. The molecule has 2 heterocycles. The summed E-state index contributed by atoms with van der Waals surface area (Å²) in [5.41, 5.74) is 3.29. The third-order valence-electron chi connectivity index (χ3n) is 7.60. The monoisotopic (exact) mass is 617 g/mol. The van der Waals surface area contributed by atoms with Crippen LogP contribution in [-0.2, 0) is 15.5 Å². The van der Waals surface area contributed by atoms with Crippen LogP contribution in [0.15, 0.2) is 53.9 Å². The van der Waals surface area contributed by atoms with Crippen molar-refractivity contribution in [2.45, 2.75) is 30.1 Å². The maximum atomic E-state index is 15.1. The minimum Gasteiger partial charge on any atom is -0.394 e. The molecule has 3 aromatic rings. The maximum Gasteiger partial charge on any atom is 0.299 e. The number of nitrogen functional groups attached to an aromatic ring is 1. The highest BCUT2D eigenvalue weighted by molar-refractivity contribution is 7.10. The molecule has 226 valence electrons. The number of hydrogen-bond acceptors (Lipinski definition) is 6. The zero-order chi connectivity index (χ0) is 31.1. The number of thiophene rings is 1. The number of nitrogens with one attached hydrogen (secondary N) is 3. The van der Waals surface area contributed by atoms with Gasteiger partial charge in [0.05, 0.1) is 25.7 Å². The third-order valence-corrected chi connectivity index (χ3v) is 8.65. The second-order valence-corrected chi connectivity index (χ2v) is 11.4. The van der Waals surface area contributed by atoms with Gasteiger partial charge in [-0.15, -0.1) is 11.3 Å². The van der Waals surface area contributed by atoms with Gasteiger partial charge in [-0.3, -0.25) is 19.8 Å². The summed E-state index contributed by atoms with van der Waals surface area (Å²) in [4.78, 5) is 40.3. The van der Waals surface area contributed by atoms with Crippen LogP contribution in [0.2, 0.25) is 0 Å². The summed E-state index contributed by atoms with van der Waals surface area (Å²) < 4.78 is 58.8. The predicted octanol–water partition coefficient (Wildman–Crippen LogP) is 3.01. The Labute approximate surface area is 247 Å². The number of rotatable bonds is 9. The summed E-state index contributed by atoms with van der Waals surface area (Å²) in [6.07, 6.45) is -0.656. The molecular formula is C29H27F4N5O4S. The number of fused-ring (bicyclic) bond motifs is 3. The van der Waals surface area contributed by atoms with Crippen LogP contribution in [0.25, 0.3) is 11.1 Å². The Morgan fingerprint density at radius 1 is 1.09 bits per heavy atom. The predicted molar refractivity (Wildman–Crippen MR) is 150 cm³/mol. The zero-order valence-corrected chi connectivity index (χ0v) is 23.3. The van der Waals surface area contributed by atoms with Crippen LogP contribution in [-0.4, -0.2) is 71.6 Å². The number of halogens is 4. The van der Waals surface area contributed by atoms with Gasteiger partial charge in [-0.1, -0.05) is 30.3 Å². The summed E-state index contributed by atoms with van der Waals surface area (Å²) in [6.45, 7) is -3.49. The van der Waals surface area contributed by atoms with E-state index in [1.807, 2.05) is 0 Å². The van der Waals surface area contributed by atoms with Crippen molar-refractivity contribution >= 4 is 34.9 Å². The lowest BCUT2D eigenvalue weighted by Crippen LogP contribution is -2.50. The van der Waals surface area contributed by atoms with Crippen molar-refractivity contribution in [2.75, 3.05) is 26.4 Å². The average molecular weight is 618 g/mol. The molecule has 14 heteroatoms. The van der Waals surface area contributed by atoms with Crippen molar-refractivity contribution in [1.29, 1.82) is 5.41 Å². The molecule has 3 atom stereocenters. The second kappa shape index (κ2) is 11.4. The van der Waals surface area contributed by atoms with E-state index in [1.165, 1.54) is 30.3 Å². The van der Waals surface area contributed by atoms with Gasteiger partial charge in [0.15, 0.2) is 5.67 Å². The minimum absolute atomic E-state index is 0.134. The highest BCUT2D eigenvalue weighted by Gasteiger charge is 2.50. The maximum absolute atomic E-state index is 15.1. The summed E-state index contributed by atoms with van der Waals surface area (Å²) >= 11 is 1.11. The standard InChI is InChI=1S/C29H27F4N5O4S/c30-13-28(31)9-22(27(42)37-21(11-39)23-8-16(12-43-23)25(34)35)38(14-28)24(40)10-36-26(41)15-5-6-18-17-3-1-2-4-19(17)29(32,33)20(18)7-15/h1-8,12,21-22,39H,9-11,13-14H2,(H3,34,35)(H,36,41)(H,37,42)/t21?,22-,28-/m0/s1. The first-order valence-electron chi connectivity index (χ1n) is 13.2. The van der Waals surface area contributed by atoms with E-state index in [-0.39, 0.29) is 28.1 Å². The summed E-state index contributed by atoms with van der Waals surface area (Å²) in [5.74, 6) is -6.14. The molecule has 6 N–H and O–H groups in total. The highest BCUT2D eigenvalue weighted by Crippen LogP contribution is 2.51. The Bertz CT molecular complexity index is 1610. The Balaban J connectivity index is 1.28. The zero-order valence-electron chi connectivity index (χ0n) is 22.5. The van der Waals surface area contributed by atoms with Crippen molar-refractivity contribution in [2.24, 2.45) is 5.73 Å². The van der Waals surface area contributed by atoms with E-state index in [1.54, 1.807) is 17.5 Å². The number of amidine groups is 1. The average Bonchev–Trinajstić information content (AvgIpc) is 3.69. The molecule has 0 radical (unpaired) electrons. The Morgan fingerprint density at radius 2 is 1.81 bits per heavy atom. The first-order valence-corrected chi connectivity index (χ1v) is 14.1. The lowest BCUT2D eigenvalue weighted by Gasteiger charge is -2.25.